The van der Waals surface area contributed by atoms with Gasteiger partial charge >= 0.3 is 6.03 Å². The molecule has 2 heterocycles. The summed E-state index contributed by atoms with van der Waals surface area (Å²) in [6.45, 7) is 2.32. The Morgan fingerprint density at radius 1 is 1.24 bits per heavy atom. The van der Waals surface area contributed by atoms with E-state index in [2.05, 4.69) is 29.3 Å². The van der Waals surface area contributed by atoms with Gasteiger partial charge in [-0.25, -0.2) is 4.79 Å². The summed E-state index contributed by atoms with van der Waals surface area (Å²) < 4.78 is 0. The second-order valence-corrected chi connectivity index (χ2v) is 7.80. The largest absolute Gasteiger partial charge is 0.394 e. The molecule has 0 spiro atoms. The normalized spacial score (nSPS) is 27.8. The number of nitrogens with one attached hydrogen (secondary N) is 1. The smallest absolute Gasteiger partial charge is 0.319 e. The minimum Gasteiger partial charge on any atom is -0.394 e. The zero-order valence-corrected chi connectivity index (χ0v) is 15.6. The fourth-order valence-corrected chi connectivity index (χ4v) is 4.56. The molecule has 0 saturated carbocycles. The van der Waals surface area contributed by atoms with Crippen LogP contribution in [0, 0.1) is 5.92 Å². The van der Waals surface area contributed by atoms with Crippen molar-refractivity contribution in [2.75, 3.05) is 20.7 Å². The van der Waals surface area contributed by atoms with Crippen LogP contribution in [0.1, 0.15) is 44.2 Å². The van der Waals surface area contributed by atoms with E-state index in [-0.39, 0.29) is 18.7 Å². The molecule has 2 bridgehead atoms. The molecule has 2 aliphatic heterocycles. The third-order valence-corrected chi connectivity index (χ3v) is 5.93. The number of carbonyl (C=O) groups is 1. The maximum absolute atomic E-state index is 12.4. The van der Waals surface area contributed by atoms with Crippen LogP contribution in [-0.2, 0) is 0 Å². The van der Waals surface area contributed by atoms with Crippen molar-refractivity contribution < 1.29 is 9.90 Å². The third-order valence-electron chi connectivity index (χ3n) is 5.93. The molecular formula is C20H31N3O2. The highest BCUT2D eigenvalue weighted by Gasteiger charge is 2.45. The van der Waals surface area contributed by atoms with Crippen LogP contribution in [0.5, 0.6) is 0 Å². The summed E-state index contributed by atoms with van der Waals surface area (Å²) in [6, 6.07) is 11.3. The van der Waals surface area contributed by atoms with Crippen LogP contribution < -0.4 is 5.32 Å². The molecule has 2 fully saturated rings. The second kappa shape index (κ2) is 7.75. The second-order valence-electron chi connectivity index (χ2n) is 7.80. The van der Waals surface area contributed by atoms with E-state index in [1.807, 2.05) is 32.3 Å². The van der Waals surface area contributed by atoms with Crippen molar-refractivity contribution in [2.45, 2.75) is 56.8 Å². The van der Waals surface area contributed by atoms with E-state index in [1.54, 1.807) is 4.90 Å². The Balaban J connectivity index is 1.63. The van der Waals surface area contributed by atoms with Gasteiger partial charge in [0.05, 0.1) is 12.6 Å². The summed E-state index contributed by atoms with van der Waals surface area (Å²) in [7, 11) is 3.67. The lowest BCUT2D eigenvalue weighted by molar-refractivity contribution is 0.0899. The zero-order chi connectivity index (χ0) is 18.0. The molecular weight excluding hydrogens is 314 g/mol. The lowest BCUT2D eigenvalue weighted by Gasteiger charge is -2.42. The Labute approximate surface area is 151 Å². The van der Waals surface area contributed by atoms with Gasteiger partial charge in [0.25, 0.3) is 0 Å². The maximum atomic E-state index is 12.4. The number of fused-ring (bicyclic) bond motifs is 2. The van der Waals surface area contributed by atoms with Gasteiger partial charge in [0, 0.05) is 32.2 Å². The van der Waals surface area contributed by atoms with Crippen LogP contribution in [0.3, 0.4) is 0 Å². The van der Waals surface area contributed by atoms with Gasteiger partial charge in [-0.15, -0.1) is 0 Å². The molecule has 2 amide bonds. The van der Waals surface area contributed by atoms with E-state index in [9.17, 15) is 9.90 Å². The van der Waals surface area contributed by atoms with Crippen molar-refractivity contribution in [3.05, 3.63) is 35.9 Å². The van der Waals surface area contributed by atoms with Gasteiger partial charge in [-0.1, -0.05) is 30.3 Å². The highest BCUT2D eigenvalue weighted by Crippen LogP contribution is 2.40. The number of aliphatic hydroxyl groups is 1. The number of aliphatic hydroxyl groups excluding tert-OH is 1. The molecule has 0 radical (unpaired) electrons. The highest BCUT2D eigenvalue weighted by atomic mass is 16.3. The molecule has 3 rings (SSSR count). The quantitative estimate of drug-likeness (QED) is 0.862. The first kappa shape index (κ1) is 18.2. The lowest BCUT2D eigenvalue weighted by Crippen LogP contribution is -2.53. The molecule has 138 valence electrons. The number of hydrogen-bond acceptors (Lipinski definition) is 3. The number of hydrogen-bond donors (Lipinski definition) is 2. The molecule has 2 aliphatic rings. The Morgan fingerprint density at radius 2 is 1.84 bits per heavy atom. The molecule has 2 unspecified atom stereocenters. The van der Waals surface area contributed by atoms with Crippen LogP contribution in [0.2, 0.25) is 0 Å². The SMILES string of the molecule is C[C@@H](N[C@@H](CO)c1ccccc1)C1CC2CCC(C1)N2C(=O)N(C)C. The van der Waals surface area contributed by atoms with E-state index in [1.165, 1.54) is 0 Å². The topological polar surface area (TPSA) is 55.8 Å². The van der Waals surface area contributed by atoms with Crippen LogP contribution >= 0.6 is 0 Å². The number of rotatable bonds is 5. The van der Waals surface area contributed by atoms with Gasteiger partial charge in [0.2, 0.25) is 0 Å². The Kier molecular flexibility index (Phi) is 5.64. The Morgan fingerprint density at radius 3 is 2.36 bits per heavy atom. The van der Waals surface area contributed by atoms with Crippen LogP contribution in [0.4, 0.5) is 4.79 Å². The van der Waals surface area contributed by atoms with Gasteiger partial charge in [-0.05, 0) is 44.1 Å². The first-order valence-electron chi connectivity index (χ1n) is 9.42. The molecule has 25 heavy (non-hydrogen) atoms. The highest BCUT2D eigenvalue weighted by molar-refractivity contribution is 5.75. The van der Waals surface area contributed by atoms with E-state index in [0.717, 1.165) is 31.2 Å². The zero-order valence-electron chi connectivity index (χ0n) is 15.6. The van der Waals surface area contributed by atoms with Crippen molar-refractivity contribution in [3.8, 4) is 0 Å². The van der Waals surface area contributed by atoms with Gasteiger partial charge in [-0.2, -0.15) is 0 Å². The molecule has 1 aromatic rings. The summed E-state index contributed by atoms with van der Waals surface area (Å²) in [5.41, 5.74) is 1.13. The molecule has 5 nitrogen and oxygen atoms in total. The van der Waals surface area contributed by atoms with E-state index < -0.39 is 0 Å². The third kappa shape index (κ3) is 3.82. The minimum absolute atomic E-state index is 0.0321. The van der Waals surface area contributed by atoms with Crippen molar-refractivity contribution >= 4 is 6.03 Å². The van der Waals surface area contributed by atoms with Crippen LogP contribution in [0.15, 0.2) is 30.3 Å². The summed E-state index contributed by atoms with van der Waals surface area (Å²) in [6.07, 6.45) is 4.35. The Hall–Kier alpha value is -1.59. The summed E-state index contributed by atoms with van der Waals surface area (Å²) in [4.78, 5) is 16.3. The minimum atomic E-state index is -0.0321. The average molecular weight is 345 g/mol. The fraction of sp³-hybridized carbons (Fsp3) is 0.650. The number of piperidine rings is 1. The van der Waals surface area contributed by atoms with Crippen molar-refractivity contribution in [2.24, 2.45) is 5.92 Å². The molecule has 2 N–H and O–H groups in total. The monoisotopic (exact) mass is 345 g/mol. The van der Waals surface area contributed by atoms with Crippen LogP contribution in [0.25, 0.3) is 0 Å². The number of carbonyl (C=O) groups excluding carboxylic acids is 1. The molecule has 4 atom stereocenters. The summed E-state index contributed by atoms with van der Waals surface area (Å²) >= 11 is 0. The molecule has 2 saturated heterocycles. The number of benzene rings is 1. The predicted molar refractivity (Wildman–Crippen MR) is 99.3 cm³/mol. The van der Waals surface area contributed by atoms with Gasteiger partial charge in [0.1, 0.15) is 0 Å². The number of nitrogens with zero attached hydrogens (tertiary/aromatic N) is 2. The summed E-state index contributed by atoms with van der Waals surface area (Å²) in [5.74, 6) is 0.543. The molecule has 1 aromatic carbocycles. The Bertz CT molecular complexity index is 564. The molecule has 0 aromatic heterocycles. The van der Waals surface area contributed by atoms with E-state index >= 15 is 0 Å². The average Bonchev–Trinajstić information content (AvgIpc) is 2.88. The number of urea groups is 1. The van der Waals surface area contributed by atoms with Gasteiger partial charge in [-0.3, -0.25) is 0 Å². The fourth-order valence-electron chi connectivity index (χ4n) is 4.56. The van der Waals surface area contributed by atoms with Gasteiger partial charge in [0.15, 0.2) is 0 Å². The standard InChI is InChI=1S/C20H31N3O2/c1-14(21-19(13-24)15-7-5-4-6-8-15)16-11-17-9-10-18(12-16)23(17)20(25)22(2)3/h4-8,14,16-19,21,24H,9-13H2,1-3H3/t14-,16?,17?,18?,19+/m1/s1. The van der Waals surface area contributed by atoms with Crippen molar-refractivity contribution in [1.29, 1.82) is 0 Å². The lowest BCUT2D eigenvalue weighted by atomic mass is 9.85. The predicted octanol–water partition coefficient (Wildman–Crippen LogP) is 2.62. The van der Waals surface area contributed by atoms with Crippen molar-refractivity contribution in [3.63, 3.8) is 0 Å². The maximum Gasteiger partial charge on any atom is 0.319 e. The number of amides is 2. The van der Waals surface area contributed by atoms with E-state index in [4.69, 9.17) is 0 Å². The van der Waals surface area contributed by atoms with Gasteiger partial charge < -0.3 is 20.2 Å². The first-order valence-corrected chi connectivity index (χ1v) is 9.42. The molecule has 0 aliphatic carbocycles. The van der Waals surface area contributed by atoms with Crippen molar-refractivity contribution in [1.82, 2.24) is 15.1 Å². The summed E-state index contributed by atoms with van der Waals surface area (Å²) in [5, 5.41) is 13.4. The molecule has 5 heteroatoms. The first-order chi connectivity index (χ1) is 12.0. The van der Waals surface area contributed by atoms with E-state index in [0.29, 0.717) is 24.0 Å². The van der Waals surface area contributed by atoms with Crippen LogP contribution in [-0.4, -0.2) is 59.8 Å².